The van der Waals surface area contributed by atoms with E-state index >= 15 is 0 Å². The van der Waals surface area contributed by atoms with E-state index in [1.165, 1.54) is 0 Å². The molecule has 0 atom stereocenters. The maximum absolute atomic E-state index is 12.3. The van der Waals surface area contributed by atoms with E-state index in [9.17, 15) is 13.2 Å². The lowest BCUT2D eigenvalue weighted by molar-refractivity contribution is 0.0691. The largest absolute Gasteiger partial charge is 0.477 e. The van der Waals surface area contributed by atoms with Gasteiger partial charge in [-0.2, -0.15) is 14.8 Å². The van der Waals surface area contributed by atoms with Gasteiger partial charge in [-0.1, -0.05) is 0 Å². The zero-order chi connectivity index (χ0) is 15.2. The number of carboxylic acids is 1. The van der Waals surface area contributed by atoms with Crippen LogP contribution in [0.3, 0.4) is 0 Å². The van der Waals surface area contributed by atoms with Gasteiger partial charge in [0.2, 0.25) is 10.0 Å². The standard InChI is InChI=1S/C11H12N4O4S/c12-3-1-5-15(6-2-4-13)20(18,19)9-7-10(11(16)17)14-8-9/h7-8,14H,1-2,5-6H2,(H,16,17). The van der Waals surface area contributed by atoms with Crippen LogP contribution in [0, 0.1) is 22.7 Å². The Morgan fingerprint density at radius 2 is 1.85 bits per heavy atom. The van der Waals surface area contributed by atoms with Crippen LogP contribution >= 0.6 is 0 Å². The first kappa shape index (κ1) is 15.7. The summed E-state index contributed by atoms with van der Waals surface area (Å²) < 4.78 is 25.5. The summed E-state index contributed by atoms with van der Waals surface area (Å²) in [7, 11) is -3.92. The predicted molar refractivity (Wildman–Crippen MR) is 67.0 cm³/mol. The molecule has 0 aliphatic rings. The van der Waals surface area contributed by atoms with E-state index in [1.54, 1.807) is 0 Å². The van der Waals surface area contributed by atoms with Gasteiger partial charge in [0.15, 0.2) is 0 Å². The van der Waals surface area contributed by atoms with Crippen LogP contribution in [0.5, 0.6) is 0 Å². The van der Waals surface area contributed by atoms with E-state index in [0.29, 0.717) is 0 Å². The topological polar surface area (TPSA) is 138 Å². The Morgan fingerprint density at radius 3 is 2.25 bits per heavy atom. The number of rotatable bonds is 7. The Kier molecular flexibility index (Phi) is 5.26. The fourth-order valence-electron chi connectivity index (χ4n) is 1.50. The highest BCUT2D eigenvalue weighted by Gasteiger charge is 2.25. The average Bonchev–Trinajstić information content (AvgIpc) is 2.89. The molecule has 9 heteroatoms. The maximum Gasteiger partial charge on any atom is 0.352 e. The summed E-state index contributed by atoms with van der Waals surface area (Å²) in [6, 6.07) is 4.66. The molecule has 0 aliphatic carbocycles. The summed E-state index contributed by atoms with van der Waals surface area (Å²) in [5.74, 6) is -1.27. The average molecular weight is 296 g/mol. The van der Waals surface area contributed by atoms with E-state index in [1.807, 2.05) is 12.1 Å². The molecule has 0 bridgehead atoms. The van der Waals surface area contributed by atoms with Crippen molar-refractivity contribution in [3.05, 3.63) is 18.0 Å². The number of carboxylic acid groups (broad SMARTS) is 1. The van der Waals surface area contributed by atoms with Crippen LogP contribution in [-0.2, 0) is 10.0 Å². The van der Waals surface area contributed by atoms with Crippen LogP contribution in [0.4, 0.5) is 0 Å². The molecule has 106 valence electrons. The van der Waals surface area contributed by atoms with Crippen molar-refractivity contribution in [2.75, 3.05) is 13.1 Å². The lowest BCUT2D eigenvalue weighted by Gasteiger charge is -2.18. The number of hydrogen-bond acceptors (Lipinski definition) is 5. The van der Waals surface area contributed by atoms with Gasteiger partial charge in [0, 0.05) is 32.1 Å². The minimum atomic E-state index is -3.92. The third kappa shape index (κ3) is 3.57. The molecule has 1 aromatic rings. The van der Waals surface area contributed by atoms with Crippen LogP contribution in [0.15, 0.2) is 17.2 Å². The number of carbonyl (C=O) groups is 1. The fraction of sp³-hybridized carbons (Fsp3) is 0.364. The maximum atomic E-state index is 12.3. The predicted octanol–water partition coefficient (Wildman–Crippen LogP) is 0.531. The molecule has 0 radical (unpaired) electrons. The van der Waals surface area contributed by atoms with Crippen molar-refractivity contribution in [3.63, 3.8) is 0 Å². The van der Waals surface area contributed by atoms with Crippen molar-refractivity contribution in [3.8, 4) is 12.1 Å². The molecular formula is C11H12N4O4S. The van der Waals surface area contributed by atoms with Gasteiger partial charge in [-0.05, 0) is 6.07 Å². The molecule has 2 N–H and O–H groups in total. The van der Waals surface area contributed by atoms with Crippen molar-refractivity contribution >= 4 is 16.0 Å². The summed E-state index contributed by atoms with van der Waals surface area (Å²) in [5, 5.41) is 25.8. The Hall–Kier alpha value is -2.36. The van der Waals surface area contributed by atoms with Crippen molar-refractivity contribution in [1.82, 2.24) is 9.29 Å². The smallest absolute Gasteiger partial charge is 0.352 e. The summed E-state index contributed by atoms with van der Waals surface area (Å²) in [6.07, 6.45) is 1.05. The number of sulfonamides is 1. The molecule has 8 nitrogen and oxygen atoms in total. The molecular weight excluding hydrogens is 284 g/mol. The molecule has 0 saturated carbocycles. The van der Waals surface area contributed by atoms with Gasteiger partial charge in [0.05, 0.1) is 12.1 Å². The minimum Gasteiger partial charge on any atom is -0.477 e. The lowest BCUT2D eigenvalue weighted by Crippen LogP contribution is -2.32. The fourth-order valence-corrected chi connectivity index (χ4v) is 2.93. The third-order valence-electron chi connectivity index (χ3n) is 2.47. The Morgan fingerprint density at radius 1 is 1.30 bits per heavy atom. The van der Waals surface area contributed by atoms with Crippen molar-refractivity contribution in [2.24, 2.45) is 0 Å². The molecule has 0 aromatic carbocycles. The molecule has 1 aromatic heterocycles. The zero-order valence-corrected chi connectivity index (χ0v) is 11.2. The minimum absolute atomic E-state index is 0.0130. The van der Waals surface area contributed by atoms with E-state index < -0.39 is 16.0 Å². The third-order valence-corrected chi connectivity index (χ3v) is 4.35. The SMILES string of the molecule is N#CCCN(CCC#N)S(=O)(=O)c1c[nH]c(C(=O)O)c1. The quantitative estimate of drug-likeness (QED) is 0.752. The van der Waals surface area contributed by atoms with Gasteiger partial charge in [-0.3, -0.25) is 0 Å². The van der Waals surface area contributed by atoms with E-state index in [0.717, 1.165) is 16.6 Å². The molecule has 1 heterocycles. The van der Waals surface area contributed by atoms with Gasteiger partial charge in [0.25, 0.3) is 0 Å². The van der Waals surface area contributed by atoms with Crippen LogP contribution in [0.2, 0.25) is 0 Å². The number of aromatic nitrogens is 1. The Balaban J connectivity index is 3.05. The van der Waals surface area contributed by atoms with Crippen LogP contribution in [0.1, 0.15) is 23.3 Å². The van der Waals surface area contributed by atoms with Gasteiger partial charge < -0.3 is 10.1 Å². The van der Waals surface area contributed by atoms with Gasteiger partial charge in [-0.25, -0.2) is 13.2 Å². The normalized spacial score (nSPS) is 10.9. The summed E-state index contributed by atoms with van der Waals surface area (Å²) in [6.45, 7) is -0.0950. The number of aromatic carboxylic acids is 1. The molecule has 0 amide bonds. The number of H-pyrrole nitrogens is 1. The molecule has 0 saturated heterocycles. The first-order valence-corrected chi connectivity index (χ1v) is 7.03. The van der Waals surface area contributed by atoms with Crippen molar-refractivity contribution in [1.29, 1.82) is 10.5 Å². The Bertz CT molecular complexity index is 647. The molecule has 0 fully saturated rings. The molecule has 20 heavy (non-hydrogen) atoms. The van der Waals surface area contributed by atoms with E-state index in [4.69, 9.17) is 15.6 Å². The highest BCUT2D eigenvalue weighted by Crippen LogP contribution is 2.17. The molecule has 0 aliphatic heterocycles. The number of nitriles is 2. The van der Waals surface area contributed by atoms with Gasteiger partial charge in [0.1, 0.15) is 10.6 Å². The first-order valence-electron chi connectivity index (χ1n) is 5.59. The van der Waals surface area contributed by atoms with Gasteiger partial charge in [-0.15, -0.1) is 0 Å². The van der Waals surface area contributed by atoms with Crippen molar-refractivity contribution in [2.45, 2.75) is 17.7 Å². The highest BCUT2D eigenvalue weighted by atomic mass is 32.2. The highest BCUT2D eigenvalue weighted by molar-refractivity contribution is 7.89. The number of nitrogens with zero attached hydrogens (tertiary/aromatic N) is 3. The zero-order valence-electron chi connectivity index (χ0n) is 10.4. The van der Waals surface area contributed by atoms with Gasteiger partial charge >= 0.3 is 5.97 Å². The summed E-state index contributed by atoms with van der Waals surface area (Å²) >= 11 is 0. The second kappa shape index (κ2) is 6.70. The molecule has 0 spiro atoms. The number of hydrogen-bond donors (Lipinski definition) is 2. The monoisotopic (exact) mass is 296 g/mol. The van der Waals surface area contributed by atoms with Crippen molar-refractivity contribution < 1.29 is 18.3 Å². The Labute approximate surface area is 115 Å². The molecule has 1 rings (SSSR count). The first-order chi connectivity index (χ1) is 9.43. The van der Waals surface area contributed by atoms with E-state index in [2.05, 4.69) is 4.98 Å². The number of aromatic amines is 1. The van der Waals surface area contributed by atoms with Crippen LogP contribution in [0.25, 0.3) is 0 Å². The number of nitrogens with one attached hydrogen (secondary N) is 1. The second-order valence-electron chi connectivity index (χ2n) is 3.77. The summed E-state index contributed by atoms with van der Waals surface area (Å²) in [4.78, 5) is 12.9. The molecule has 0 unspecified atom stereocenters. The lowest BCUT2D eigenvalue weighted by atomic mass is 10.4. The second-order valence-corrected chi connectivity index (χ2v) is 5.71. The van der Waals surface area contributed by atoms with Crippen LogP contribution < -0.4 is 0 Å². The van der Waals surface area contributed by atoms with Crippen LogP contribution in [-0.4, -0.2) is 41.9 Å². The summed E-state index contributed by atoms with van der Waals surface area (Å²) in [5.41, 5.74) is -0.246. The van der Waals surface area contributed by atoms with E-state index in [-0.39, 0.29) is 36.5 Å².